The van der Waals surface area contributed by atoms with Crippen LogP contribution in [0, 0.1) is 0 Å². The fourth-order valence-corrected chi connectivity index (χ4v) is 6.15. The Bertz CT molecular complexity index is 1050. The number of benzene rings is 1. The van der Waals surface area contributed by atoms with Crippen molar-refractivity contribution >= 4 is 48.8 Å². The van der Waals surface area contributed by atoms with Crippen molar-refractivity contribution in [3.63, 3.8) is 0 Å². The summed E-state index contributed by atoms with van der Waals surface area (Å²) < 4.78 is 32.3. The van der Waals surface area contributed by atoms with E-state index in [4.69, 9.17) is 4.74 Å². The zero-order valence-corrected chi connectivity index (χ0v) is 17.4. The van der Waals surface area contributed by atoms with Gasteiger partial charge in [0.1, 0.15) is 5.01 Å². The molecule has 1 fully saturated rings. The van der Waals surface area contributed by atoms with Crippen molar-refractivity contribution < 1.29 is 17.9 Å². The maximum Gasteiger partial charge on any atom is 0.261 e. The number of nitrogens with one attached hydrogen (secondary N) is 1. The summed E-state index contributed by atoms with van der Waals surface area (Å²) in [5.74, 6) is -0.385. The molecule has 1 N–H and O–H groups in total. The zero-order valence-electron chi connectivity index (χ0n) is 15.0. The maximum absolute atomic E-state index is 12.4. The van der Waals surface area contributed by atoms with Crippen molar-refractivity contribution in [3.8, 4) is 9.88 Å². The summed E-state index contributed by atoms with van der Waals surface area (Å²) in [6.45, 7) is 1.64. The summed E-state index contributed by atoms with van der Waals surface area (Å²) in [5.41, 5.74) is 0.940. The zero-order chi connectivity index (χ0) is 19.6. The van der Waals surface area contributed by atoms with E-state index < -0.39 is 10.0 Å². The number of carbonyl (C=O) groups excluding carboxylic acids is 1. The first-order valence-electron chi connectivity index (χ1n) is 8.82. The molecule has 10 heteroatoms. The Labute approximate surface area is 171 Å². The fourth-order valence-electron chi connectivity index (χ4n) is 2.89. The molecular formula is C18H19N3O4S3. The summed E-state index contributed by atoms with van der Waals surface area (Å²) in [7, 11) is -3.38. The Kier molecular flexibility index (Phi) is 5.74. The molecule has 1 aliphatic rings. The van der Waals surface area contributed by atoms with Gasteiger partial charge in [0.05, 0.1) is 38.9 Å². The monoisotopic (exact) mass is 437 g/mol. The number of amides is 1. The van der Waals surface area contributed by atoms with Crippen molar-refractivity contribution in [2.45, 2.75) is 0 Å². The third-order valence-corrected chi connectivity index (χ3v) is 8.51. The van der Waals surface area contributed by atoms with Gasteiger partial charge in [-0.2, -0.15) is 4.31 Å². The van der Waals surface area contributed by atoms with Crippen molar-refractivity contribution in [2.24, 2.45) is 0 Å². The van der Waals surface area contributed by atoms with Crippen molar-refractivity contribution in [1.29, 1.82) is 0 Å². The molecule has 0 atom stereocenters. The average Bonchev–Trinajstić information content (AvgIpc) is 3.35. The van der Waals surface area contributed by atoms with Crippen LogP contribution in [-0.4, -0.2) is 62.2 Å². The third kappa shape index (κ3) is 4.26. The van der Waals surface area contributed by atoms with Gasteiger partial charge >= 0.3 is 0 Å². The van der Waals surface area contributed by atoms with Gasteiger partial charge < -0.3 is 10.1 Å². The highest BCUT2D eigenvalue weighted by atomic mass is 32.2. The van der Waals surface area contributed by atoms with Crippen LogP contribution in [0.5, 0.6) is 0 Å². The molecule has 3 heterocycles. The minimum atomic E-state index is -3.38. The first kappa shape index (κ1) is 19.5. The second-order valence-corrected chi connectivity index (χ2v) is 10.4. The minimum Gasteiger partial charge on any atom is -0.379 e. The Morgan fingerprint density at radius 1 is 1.14 bits per heavy atom. The molecule has 0 saturated carbocycles. The van der Waals surface area contributed by atoms with E-state index in [0.29, 0.717) is 31.2 Å². The first-order valence-corrected chi connectivity index (χ1v) is 12.1. The van der Waals surface area contributed by atoms with Gasteiger partial charge in [0, 0.05) is 19.6 Å². The molecule has 0 bridgehead atoms. The minimum absolute atomic E-state index is 0.0763. The number of rotatable bonds is 6. The number of thiophene rings is 1. The van der Waals surface area contributed by atoms with Crippen LogP contribution in [0.15, 0.2) is 36.4 Å². The second-order valence-electron chi connectivity index (χ2n) is 6.23. The number of ether oxygens (including phenoxy) is 1. The molecule has 1 amide bonds. The normalized spacial score (nSPS) is 15.7. The number of aromatic nitrogens is 1. The van der Waals surface area contributed by atoms with Gasteiger partial charge in [-0.25, -0.2) is 13.4 Å². The molecule has 2 aromatic heterocycles. The summed E-state index contributed by atoms with van der Waals surface area (Å²) >= 11 is 2.94. The second kappa shape index (κ2) is 8.26. The first-order chi connectivity index (χ1) is 13.5. The molecule has 1 saturated heterocycles. The quantitative estimate of drug-likeness (QED) is 0.640. The molecule has 1 aliphatic heterocycles. The van der Waals surface area contributed by atoms with E-state index >= 15 is 0 Å². The molecular weight excluding hydrogens is 418 g/mol. The van der Waals surface area contributed by atoms with Crippen LogP contribution in [0.3, 0.4) is 0 Å². The van der Waals surface area contributed by atoms with E-state index in [2.05, 4.69) is 10.3 Å². The predicted molar refractivity (Wildman–Crippen MR) is 111 cm³/mol. The molecule has 148 valence electrons. The molecule has 0 aliphatic carbocycles. The van der Waals surface area contributed by atoms with Gasteiger partial charge in [-0.05, 0) is 24.3 Å². The Hall–Kier alpha value is -1.85. The number of hydrogen-bond donors (Lipinski definition) is 1. The summed E-state index contributed by atoms with van der Waals surface area (Å²) in [6, 6.07) is 11.5. The highest BCUT2D eigenvalue weighted by Gasteiger charge is 2.24. The number of nitrogens with zero attached hydrogens (tertiary/aromatic N) is 2. The number of carbonyl (C=O) groups is 1. The smallest absolute Gasteiger partial charge is 0.261 e. The van der Waals surface area contributed by atoms with E-state index in [1.54, 1.807) is 17.4 Å². The Balaban J connectivity index is 1.36. The standard InChI is InChI=1S/C18H19N3O4S3/c22-17(19-7-12-28(23,24)21-8-10-25-11-9-21)15-5-6-16(26-15)18-20-13-3-1-2-4-14(13)27-18/h1-6H,7-12H2,(H,19,22). The van der Waals surface area contributed by atoms with Crippen molar-refractivity contribution in [3.05, 3.63) is 41.3 Å². The number of morpholine rings is 1. The lowest BCUT2D eigenvalue weighted by Gasteiger charge is -2.25. The van der Waals surface area contributed by atoms with Gasteiger partial charge in [0.2, 0.25) is 10.0 Å². The summed E-state index contributed by atoms with van der Waals surface area (Å²) in [5, 5.41) is 3.58. The van der Waals surface area contributed by atoms with Crippen LogP contribution in [0.4, 0.5) is 0 Å². The van der Waals surface area contributed by atoms with Crippen LogP contribution in [0.25, 0.3) is 20.1 Å². The highest BCUT2D eigenvalue weighted by Crippen LogP contribution is 2.34. The topological polar surface area (TPSA) is 88.6 Å². The predicted octanol–water partition coefficient (Wildman–Crippen LogP) is 2.42. The Morgan fingerprint density at radius 3 is 2.71 bits per heavy atom. The molecule has 0 radical (unpaired) electrons. The van der Waals surface area contributed by atoms with Crippen LogP contribution < -0.4 is 5.32 Å². The molecule has 3 aromatic rings. The molecule has 28 heavy (non-hydrogen) atoms. The van der Waals surface area contributed by atoms with Gasteiger partial charge in [-0.1, -0.05) is 12.1 Å². The lowest BCUT2D eigenvalue weighted by atomic mass is 10.3. The van der Waals surface area contributed by atoms with E-state index in [1.165, 1.54) is 15.6 Å². The van der Waals surface area contributed by atoms with Crippen molar-refractivity contribution in [2.75, 3.05) is 38.6 Å². The van der Waals surface area contributed by atoms with Crippen LogP contribution in [-0.2, 0) is 14.8 Å². The number of para-hydroxylation sites is 1. The average molecular weight is 438 g/mol. The lowest BCUT2D eigenvalue weighted by Crippen LogP contribution is -2.43. The third-order valence-electron chi connectivity index (χ3n) is 4.34. The SMILES string of the molecule is O=C(NCCS(=O)(=O)N1CCOCC1)c1ccc(-c2nc3ccccc3s2)s1. The fraction of sp³-hybridized carbons (Fsp3) is 0.333. The molecule has 1 aromatic carbocycles. The van der Waals surface area contributed by atoms with Crippen molar-refractivity contribution in [1.82, 2.24) is 14.6 Å². The maximum atomic E-state index is 12.4. The highest BCUT2D eigenvalue weighted by molar-refractivity contribution is 7.89. The van der Waals surface area contributed by atoms with Gasteiger partial charge in [0.15, 0.2) is 0 Å². The number of hydrogen-bond acceptors (Lipinski definition) is 7. The van der Waals surface area contributed by atoms with Gasteiger partial charge in [-0.3, -0.25) is 4.79 Å². The van der Waals surface area contributed by atoms with Gasteiger partial charge in [-0.15, -0.1) is 22.7 Å². The van der Waals surface area contributed by atoms with Crippen LogP contribution >= 0.6 is 22.7 Å². The molecule has 0 unspecified atom stereocenters. The largest absolute Gasteiger partial charge is 0.379 e. The molecule has 0 spiro atoms. The molecule has 7 nitrogen and oxygen atoms in total. The molecule has 4 rings (SSSR count). The van der Waals surface area contributed by atoms with Crippen LogP contribution in [0.2, 0.25) is 0 Å². The van der Waals surface area contributed by atoms with E-state index in [0.717, 1.165) is 20.1 Å². The van der Waals surface area contributed by atoms with E-state index in [1.807, 2.05) is 30.3 Å². The Morgan fingerprint density at radius 2 is 1.93 bits per heavy atom. The number of fused-ring (bicyclic) bond motifs is 1. The van der Waals surface area contributed by atoms with Crippen LogP contribution in [0.1, 0.15) is 9.67 Å². The summed E-state index contributed by atoms with van der Waals surface area (Å²) in [4.78, 5) is 18.4. The number of sulfonamides is 1. The van der Waals surface area contributed by atoms with E-state index in [9.17, 15) is 13.2 Å². The van der Waals surface area contributed by atoms with E-state index in [-0.39, 0.29) is 18.2 Å². The van der Waals surface area contributed by atoms with Gasteiger partial charge in [0.25, 0.3) is 5.91 Å². The summed E-state index contributed by atoms with van der Waals surface area (Å²) in [6.07, 6.45) is 0. The number of thiazole rings is 1. The lowest BCUT2D eigenvalue weighted by molar-refractivity contribution is 0.0730.